The monoisotopic (exact) mass is 308 g/mol. The number of fused-ring (bicyclic) bond motifs is 3. The first-order valence-electron chi connectivity index (χ1n) is 9.34. The van der Waals surface area contributed by atoms with Gasteiger partial charge in [0.25, 0.3) is 0 Å². The molecular formula is C22H28O. The van der Waals surface area contributed by atoms with Gasteiger partial charge in [-0.3, -0.25) is 0 Å². The van der Waals surface area contributed by atoms with E-state index in [0.29, 0.717) is 5.92 Å². The fourth-order valence-corrected chi connectivity index (χ4v) is 5.21. The zero-order chi connectivity index (χ0) is 15.8. The molecule has 1 nitrogen and oxygen atoms in total. The Morgan fingerprint density at radius 1 is 1.09 bits per heavy atom. The second-order valence-corrected chi connectivity index (χ2v) is 7.58. The molecule has 0 N–H and O–H groups in total. The molecule has 1 aromatic rings. The van der Waals surface area contributed by atoms with E-state index in [-0.39, 0.29) is 0 Å². The smallest absolute Gasteiger partial charge is 0.126 e. The lowest BCUT2D eigenvalue weighted by molar-refractivity contribution is 0.311. The molecule has 1 heteroatoms. The van der Waals surface area contributed by atoms with E-state index < -0.39 is 0 Å². The maximum absolute atomic E-state index is 6.00. The second kappa shape index (κ2) is 6.19. The summed E-state index contributed by atoms with van der Waals surface area (Å²) in [6.07, 6.45) is 10.9. The molecule has 0 saturated heterocycles. The highest BCUT2D eigenvalue weighted by Crippen LogP contribution is 2.53. The van der Waals surface area contributed by atoms with Crippen LogP contribution in [0.15, 0.2) is 41.0 Å². The van der Waals surface area contributed by atoms with Crippen molar-refractivity contribution in [2.75, 3.05) is 7.11 Å². The van der Waals surface area contributed by atoms with Crippen molar-refractivity contribution < 1.29 is 4.74 Å². The fourth-order valence-electron chi connectivity index (χ4n) is 5.21. The van der Waals surface area contributed by atoms with Gasteiger partial charge in [0, 0.05) is 11.5 Å². The molecule has 1 saturated carbocycles. The zero-order valence-corrected chi connectivity index (χ0v) is 14.5. The number of aryl methyl sites for hydroxylation is 1. The lowest BCUT2D eigenvalue weighted by atomic mass is 9.62. The Bertz CT molecular complexity index is 664. The van der Waals surface area contributed by atoms with Crippen LogP contribution < -0.4 is 0 Å². The third kappa shape index (κ3) is 2.65. The first-order chi connectivity index (χ1) is 11.3. The van der Waals surface area contributed by atoms with Crippen LogP contribution in [0.2, 0.25) is 0 Å². The summed E-state index contributed by atoms with van der Waals surface area (Å²) in [6.45, 7) is 2.17. The molecule has 4 rings (SSSR count). The number of allylic oxidation sites excluding steroid dienone is 3. The van der Waals surface area contributed by atoms with Crippen molar-refractivity contribution in [3.8, 4) is 0 Å². The van der Waals surface area contributed by atoms with Gasteiger partial charge in [-0.2, -0.15) is 0 Å². The average molecular weight is 308 g/mol. The number of methoxy groups -OCH3 is 1. The Balaban J connectivity index is 1.84. The molecule has 0 spiro atoms. The molecule has 2 bridgehead atoms. The highest BCUT2D eigenvalue weighted by atomic mass is 16.5. The number of hydrogen-bond acceptors (Lipinski definition) is 1. The SMILES string of the molecule is COC(=C1C2CCCC1C1=C(CCCC1)C2)c1cccc(C)c1. The Morgan fingerprint density at radius 2 is 1.96 bits per heavy atom. The van der Waals surface area contributed by atoms with Crippen LogP contribution in [-0.2, 0) is 4.74 Å². The van der Waals surface area contributed by atoms with E-state index in [9.17, 15) is 0 Å². The molecule has 2 unspecified atom stereocenters. The van der Waals surface area contributed by atoms with Gasteiger partial charge < -0.3 is 4.74 Å². The molecule has 23 heavy (non-hydrogen) atoms. The van der Waals surface area contributed by atoms with Gasteiger partial charge in [-0.15, -0.1) is 0 Å². The van der Waals surface area contributed by atoms with Crippen LogP contribution in [-0.4, -0.2) is 7.11 Å². The van der Waals surface area contributed by atoms with Crippen LogP contribution in [0.3, 0.4) is 0 Å². The van der Waals surface area contributed by atoms with Gasteiger partial charge in [-0.25, -0.2) is 0 Å². The van der Waals surface area contributed by atoms with E-state index in [4.69, 9.17) is 4.74 Å². The normalized spacial score (nSPS) is 29.1. The molecule has 1 fully saturated rings. The van der Waals surface area contributed by atoms with Crippen LogP contribution in [0.4, 0.5) is 0 Å². The van der Waals surface area contributed by atoms with Crippen LogP contribution >= 0.6 is 0 Å². The molecule has 3 aliphatic carbocycles. The Hall–Kier alpha value is -1.50. The van der Waals surface area contributed by atoms with Crippen molar-refractivity contribution >= 4 is 5.76 Å². The Morgan fingerprint density at radius 3 is 2.78 bits per heavy atom. The molecule has 0 amide bonds. The molecule has 0 radical (unpaired) electrons. The van der Waals surface area contributed by atoms with Gasteiger partial charge in [-0.1, -0.05) is 41.3 Å². The number of rotatable bonds is 2. The predicted molar refractivity (Wildman–Crippen MR) is 96.1 cm³/mol. The fraction of sp³-hybridized carbons (Fsp3) is 0.545. The summed E-state index contributed by atoms with van der Waals surface area (Å²) < 4.78 is 6.00. The van der Waals surface area contributed by atoms with Gasteiger partial charge in [-0.05, 0) is 69.4 Å². The molecule has 3 aliphatic rings. The number of hydrogen-bond donors (Lipinski definition) is 0. The van der Waals surface area contributed by atoms with Crippen molar-refractivity contribution in [1.82, 2.24) is 0 Å². The molecule has 0 heterocycles. The van der Waals surface area contributed by atoms with Crippen molar-refractivity contribution in [2.45, 2.75) is 58.3 Å². The molecule has 0 aliphatic heterocycles. The van der Waals surface area contributed by atoms with Crippen molar-refractivity contribution in [3.63, 3.8) is 0 Å². The minimum absolute atomic E-state index is 0.674. The first kappa shape index (κ1) is 15.1. The Labute approximate surface area is 140 Å². The molecular weight excluding hydrogens is 280 g/mol. The van der Waals surface area contributed by atoms with E-state index in [0.717, 1.165) is 5.92 Å². The zero-order valence-electron chi connectivity index (χ0n) is 14.5. The van der Waals surface area contributed by atoms with Crippen LogP contribution in [0.5, 0.6) is 0 Å². The van der Waals surface area contributed by atoms with Crippen LogP contribution in [0.1, 0.15) is 62.5 Å². The maximum atomic E-state index is 6.00. The van der Waals surface area contributed by atoms with E-state index in [2.05, 4.69) is 31.2 Å². The molecule has 0 aromatic heterocycles. The van der Waals surface area contributed by atoms with Gasteiger partial charge >= 0.3 is 0 Å². The van der Waals surface area contributed by atoms with Gasteiger partial charge in [0.15, 0.2) is 0 Å². The largest absolute Gasteiger partial charge is 0.496 e. The average Bonchev–Trinajstić information content (AvgIpc) is 2.56. The summed E-state index contributed by atoms with van der Waals surface area (Å²) in [5.41, 5.74) is 7.83. The van der Waals surface area contributed by atoms with Crippen molar-refractivity contribution in [1.29, 1.82) is 0 Å². The summed E-state index contributed by atoms with van der Waals surface area (Å²) in [6, 6.07) is 8.84. The summed E-state index contributed by atoms with van der Waals surface area (Å²) >= 11 is 0. The quantitative estimate of drug-likeness (QED) is 0.478. The number of benzene rings is 1. The van der Waals surface area contributed by atoms with Crippen molar-refractivity contribution in [2.24, 2.45) is 11.8 Å². The van der Waals surface area contributed by atoms with Crippen LogP contribution in [0, 0.1) is 18.8 Å². The van der Waals surface area contributed by atoms with E-state index in [1.54, 1.807) is 11.1 Å². The summed E-state index contributed by atoms with van der Waals surface area (Å²) in [4.78, 5) is 0. The maximum Gasteiger partial charge on any atom is 0.126 e. The highest BCUT2D eigenvalue weighted by Gasteiger charge is 2.39. The van der Waals surface area contributed by atoms with E-state index in [1.807, 2.05) is 12.7 Å². The molecule has 2 atom stereocenters. The van der Waals surface area contributed by atoms with Crippen LogP contribution in [0.25, 0.3) is 5.76 Å². The lowest BCUT2D eigenvalue weighted by Gasteiger charge is -2.43. The highest BCUT2D eigenvalue weighted by molar-refractivity contribution is 5.66. The van der Waals surface area contributed by atoms with E-state index in [1.165, 1.54) is 68.3 Å². The minimum Gasteiger partial charge on any atom is -0.496 e. The second-order valence-electron chi connectivity index (χ2n) is 7.58. The van der Waals surface area contributed by atoms with Gasteiger partial charge in [0.1, 0.15) is 5.76 Å². The summed E-state index contributed by atoms with van der Waals surface area (Å²) in [7, 11) is 1.87. The predicted octanol–water partition coefficient (Wildman–Crippen LogP) is 6.04. The van der Waals surface area contributed by atoms with Gasteiger partial charge in [0.05, 0.1) is 7.11 Å². The Kier molecular flexibility index (Phi) is 4.05. The third-order valence-electron chi connectivity index (χ3n) is 6.15. The minimum atomic E-state index is 0.674. The molecule has 1 aromatic carbocycles. The van der Waals surface area contributed by atoms with Gasteiger partial charge in [0.2, 0.25) is 0 Å². The summed E-state index contributed by atoms with van der Waals surface area (Å²) in [5.74, 6) is 2.58. The van der Waals surface area contributed by atoms with E-state index >= 15 is 0 Å². The number of ether oxygens (including phenoxy) is 1. The molecule has 122 valence electrons. The standard InChI is InChI=1S/C22H28O/c1-15-7-5-10-18(13-15)22(23-2)21-17-9-6-12-20(21)19-11-4-3-8-16(19)14-17/h5,7,10,13,17,20H,3-4,6,8-9,11-12,14H2,1-2H3. The van der Waals surface area contributed by atoms with Crippen molar-refractivity contribution in [3.05, 3.63) is 52.1 Å². The summed E-state index contributed by atoms with van der Waals surface area (Å²) in [5, 5.41) is 0. The topological polar surface area (TPSA) is 9.23 Å². The lowest BCUT2D eigenvalue weighted by Crippen LogP contribution is -2.30. The third-order valence-corrected chi connectivity index (χ3v) is 6.15. The first-order valence-corrected chi connectivity index (χ1v) is 9.34.